The van der Waals surface area contributed by atoms with E-state index in [0.29, 0.717) is 26.1 Å². The molecular formula is C15H25NO5S. The number of likely N-dealkylation sites (tertiary alicyclic amines) is 1. The van der Waals surface area contributed by atoms with E-state index in [2.05, 4.69) is 0 Å². The van der Waals surface area contributed by atoms with Gasteiger partial charge >= 0.3 is 0 Å². The van der Waals surface area contributed by atoms with E-state index in [1.165, 1.54) is 16.7 Å². The summed E-state index contributed by atoms with van der Waals surface area (Å²) in [6.45, 7) is 3.38. The average molecular weight is 331 g/mol. The molecule has 1 rings (SSSR count). The number of amides is 2. The first-order chi connectivity index (χ1) is 10.6. The first-order valence-electron chi connectivity index (χ1n) is 7.64. The lowest BCUT2D eigenvalue weighted by atomic mass is 10.2. The van der Waals surface area contributed by atoms with Crippen molar-refractivity contribution in [3.05, 3.63) is 0 Å². The number of ketones is 1. The summed E-state index contributed by atoms with van der Waals surface area (Å²) in [7, 11) is 1.64. The number of thioether (sulfide) groups is 1. The van der Waals surface area contributed by atoms with Crippen molar-refractivity contribution in [2.45, 2.75) is 37.9 Å². The van der Waals surface area contributed by atoms with Gasteiger partial charge in [0.1, 0.15) is 5.78 Å². The monoisotopic (exact) mass is 331 g/mol. The topological polar surface area (TPSA) is 72.9 Å². The van der Waals surface area contributed by atoms with Crippen LogP contribution in [0.3, 0.4) is 0 Å². The molecule has 0 aromatic carbocycles. The van der Waals surface area contributed by atoms with Gasteiger partial charge in [0.15, 0.2) is 0 Å². The van der Waals surface area contributed by atoms with Crippen LogP contribution in [-0.2, 0) is 23.9 Å². The smallest absolute Gasteiger partial charge is 0.242 e. The summed E-state index contributed by atoms with van der Waals surface area (Å²) in [4.78, 5) is 36.4. The van der Waals surface area contributed by atoms with Crippen LogP contribution in [0.15, 0.2) is 0 Å². The van der Waals surface area contributed by atoms with Crippen molar-refractivity contribution in [2.24, 2.45) is 0 Å². The van der Waals surface area contributed by atoms with Gasteiger partial charge in [0.2, 0.25) is 11.8 Å². The van der Waals surface area contributed by atoms with Gasteiger partial charge in [0, 0.05) is 33.0 Å². The minimum absolute atomic E-state index is 0.124. The number of hydrogen-bond donors (Lipinski definition) is 0. The van der Waals surface area contributed by atoms with Gasteiger partial charge in [-0.1, -0.05) is 6.92 Å². The molecule has 1 aliphatic rings. The van der Waals surface area contributed by atoms with Crippen molar-refractivity contribution < 1.29 is 23.9 Å². The normalized spacial score (nSPS) is 18.3. The van der Waals surface area contributed by atoms with E-state index in [1.807, 2.05) is 6.92 Å². The Hall–Kier alpha value is -0.920. The number of hydrogen-bond acceptors (Lipinski definition) is 6. The molecule has 22 heavy (non-hydrogen) atoms. The fourth-order valence-electron chi connectivity index (χ4n) is 2.07. The summed E-state index contributed by atoms with van der Waals surface area (Å²) in [5.41, 5.74) is 0. The third-order valence-corrected chi connectivity index (χ3v) is 4.69. The van der Waals surface area contributed by atoms with Crippen molar-refractivity contribution in [1.82, 2.24) is 4.90 Å². The maximum atomic E-state index is 12.1. The van der Waals surface area contributed by atoms with Crippen molar-refractivity contribution in [3.63, 3.8) is 0 Å². The summed E-state index contributed by atoms with van der Waals surface area (Å²) < 4.78 is 10.3. The van der Waals surface area contributed by atoms with Crippen LogP contribution >= 0.6 is 11.8 Å². The van der Waals surface area contributed by atoms with Crippen molar-refractivity contribution in [1.29, 1.82) is 0 Å². The van der Waals surface area contributed by atoms with Crippen molar-refractivity contribution >= 4 is 29.4 Å². The van der Waals surface area contributed by atoms with Gasteiger partial charge in [0.05, 0.1) is 25.0 Å². The van der Waals surface area contributed by atoms with Gasteiger partial charge in [-0.25, -0.2) is 0 Å². The Morgan fingerprint density at radius 2 is 2.09 bits per heavy atom. The molecule has 0 aliphatic carbocycles. The zero-order chi connectivity index (χ0) is 16.4. The van der Waals surface area contributed by atoms with Gasteiger partial charge in [-0.3, -0.25) is 19.3 Å². The Morgan fingerprint density at radius 1 is 1.32 bits per heavy atom. The zero-order valence-electron chi connectivity index (χ0n) is 13.3. The minimum atomic E-state index is -0.272. The average Bonchev–Trinajstić information content (AvgIpc) is 2.78. The molecule has 6 nitrogen and oxygen atoms in total. The molecule has 7 heteroatoms. The summed E-state index contributed by atoms with van der Waals surface area (Å²) >= 11 is 1.51. The van der Waals surface area contributed by atoms with E-state index in [9.17, 15) is 14.4 Å². The predicted octanol–water partition coefficient (Wildman–Crippen LogP) is 1.27. The van der Waals surface area contributed by atoms with E-state index in [0.717, 1.165) is 12.2 Å². The fraction of sp³-hybridized carbons (Fsp3) is 0.800. The lowest BCUT2D eigenvalue weighted by molar-refractivity contribution is -0.139. The largest absolute Gasteiger partial charge is 0.385 e. The Labute approximate surface area is 135 Å². The summed E-state index contributed by atoms with van der Waals surface area (Å²) in [6.07, 6.45) is 2.03. The van der Waals surface area contributed by atoms with E-state index >= 15 is 0 Å². The summed E-state index contributed by atoms with van der Waals surface area (Å²) in [5.74, 6) is 0.699. The maximum absolute atomic E-state index is 12.1. The molecule has 0 saturated carbocycles. The quantitative estimate of drug-likeness (QED) is 0.396. The third kappa shape index (κ3) is 6.46. The lowest BCUT2D eigenvalue weighted by Gasteiger charge is -2.14. The zero-order valence-corrected chi connectivity index (χ0v) is 14.2. The molecule has 0 bridgehead atoms. The minimum Gasteiger partial charge on any atom is -0.385 e. The number of rotatable bonds is 12. The van der Waals surface area contributed by atoms with Crippen LogP contribution < -0.4 is 0 Å². The molecule has 1 fully saturated rings. The van der Waals surface area contributed by atoms with E-state index in [-0.39, 0.29) is 42.4 Å². The van der Waals surface area contributed by atoms with Crippen LogP contribution in [0.1, 0.15) is 32.6 Å². The Morgan fingerprint density at radius 3 is 2.77 bits per heavy atom. The number of nitrogens with zero attached hydrogens (tertiary/aromatic N) is 1. The number of Topliss-reactive ketones (excluding diaryl/α,β-unsaturated/α-hetero) is 1. The van der Waals surface area contributed by atoms with E-state index < -0.39 is 0 Å². The maximum Gasteiger partial charge on any atom is 0.242 e. The highest BCUT2D eigenvalue weighted by Gasteiger charge is 2.38. The van der Waals surface area contributed by atoms with Crippen LogP contribution in [0.2, 0.25) is 0 Å². The van der Waals surface area contributed by atoms with E-state index in [1.54, 1.807) is 7.11 Å². The first-order valence-corrected chi connectivity index (χ1v) is 8.69. The number of carbonyl (C=O) groups excluding carboxylic acids is 3. The lowest BCUT2D eigenvalue weighted by Crippen LogP contribution is -2.34. The van der Waals surface area contributed by atoms with Gasteiger partial charge in [-0.15, -0.1) is 11.8 Å². The Bertz CT molecular complexity index is 388. The third-order valence-electron chi connectivity index (χ3n) is 3.39. The van der Waals surface area contributed by atoms with Gasteiger partial charge in [-0.2, -0.15) is 0 Å². The van der Waals surface area contributed by atoms with Crippen molar-refractivity contribution in [2.75, 3.05) is 39.2 Å². The van der Waals surface area contributed by atoms with Crippen LogP contribution in [-0.4, -0.2) is 67.0 Å². The number of imide groups is 1. The molecule has 0 aromatic heterocycles. The van der Waals surface area contributed by atoms with Gasteiger partial charge in [-0.05, 0) is 12.2 Å². The summed E-state index contributed by atoms with van der Waals surface area (Å²) in [5, 5.41) is -0.272. The second kappa shape index (κ2) is 10.7. The molecule has 0 N–H and O–H groups in total. The highest BCUT2D eigenvalue weighted by atomic mass is 32.2. The number of carbonyl (C=O) groups is 3. The Kier molecular flexibility index (Phi) is 9.34. The number of methoxy groups -OCH3 is 1. The van der Waals surface area contributed by atoms with E-state index in [4.69, 9.17) is 9.47 Å². The van der Waals surface area contributed by atoms with Crippen LogP contribution in [0.4, 0.5) is 0 Å². The highest BCUT2D eigenvalue weighted by molar-refractivity contribution is 8.00. The van der Waals surface area contributed by atoms with Crippen LogP contribution in [0.25, 0.3) is 0 Å². The molecule has 126 valence electrons. The molecule has 2 amide bonds. The van der Waals surface area contributed by atoms with Crippen molar-refractivity contribution in [3.8, 4) is 0 Å². The van der Waals surface area contributed by atoms with Crippen LogP contribution in [0.5, 0.6) is 0 Å². The second-order valence-electron chi connectivity index (χ2n) is 5.05. The second-order valence-corrected chi connectivity index (χ2v) is 6.36. The number of ether oxygens (including phenoxy) is 2. The standard InChI is InChI=1S/C15H25NO5S/c1-3-12(17)5-8-21-9-6-16-14(18)11-13(15(16)19)22-10-4-7-20-2/h13H,3-11H2,1-2H3. The predicted molar refractivity (Wildman–Crippen MR) is 84.8 cm³/mol. The summed E-state index contributed by atoms with van der Waals surface area (Å²) in [6, 6.07) is 0. The molecule has 1 aliphatic heterocycles. The van der Waals surface area contributed by atoms with Gasteiger partial charge < -0.3 is 9.47 Å². The molecule has 1 saturated heterocycles. The highest BCUT2D eigenvalue weighted by Crippen LogP contribution is 2.25. The molecule has 0 spiro atoms. The molecule has 0 aromatic rings. The Balaban J connectivity index is 2.22. The fourth-order valence-corrected chi connectivity index (χ4v) is 3.17. The first kappa shape index (κ1) is 19.1. The molecule has 1 atom stereocenters. The molecule has 1 heterocycles. The molecular weight excluding hydrogens is 306 g/mol. The molecule has 0 radical (unpaired) electrons. The van der Waals surface area contributed by atoms with Gasteiger partial charge in [0.25, 0.3) is 0 Å². The molecule has 1 unspecified atom stereocenters. The van der Waals surface area contributed by atoms with Crippen LogP contribution in [0, 0.1) is 0 Å². The SMILES string of the molecule is CCC(=O)CCOCCN1C(=O)CC(SCCCOC)C1=O.